The van der Waals surface area contributed by atoms with Crippen molar-refractivity contribution in [1.29, 1.82) is 0 Å². The first-order valence-electron chi connectivity index (χ1n) is 4.61. The van der Waals surface area contributed by atoms with E-state index in [1.165, 1.54) is 6.07 Å². The predicted octanol–water partition coefficient (Wildman–Crippen LogP) is 1.89. The maximum absolute atomic E-state index is 13.2. The number of carbonyl (C=O) groups is 1. The molecular weight excluding hydrogens is 181 g/mol. The molecule has 1 aromatic carbocycles. The van der Waals surface area contributed by atoms with E-state index in [2.05, 4.69) is 0 Å². The van der Waals surface area contributed by atoms with Crippen LogP contribution in [0.3, 0.4) is 0 Å². The number of rotatable bonds is 2. The minimum absolute atomic E-state index is 0.347. The van der Waals surface area contributed by atoms with Crippen molar-refractivity contribution >= 4 is 6.29 Å². The molecule has 0 aromatic heterocycles. The number of aryl methyl sites for hydroxylation is 1. The molecule has 0 bridgehead atoms. The predicted molar refractivity (Wildman–Crippen MR) is 51.6 cm³/mol. The van der Waals surface area contributed by atoms with Gasteiger partial charge in [0.25, 0.3) is 0 Å². The molecule has 2 N–H and O–H groups in total. The Morgan fingerprint density at radius 3 is 2.64 bits per heavy atom. The van der Waals surface area contributed by atoms with E-state index in [0.29, 0.717) is 17.4 Å². The molecule has 2 rings (SSSR count). The molecule has 1 aliphatic carbocycles. The number of benzene rings is 1. The topological polar surface area (TPSA) is 43.1 Å². The summed E-state index contributed by atoms with van der Waals surface area (Å²) in [6.45, 7) is 1.68. The molecule has 2 nitrogen and oxygen atoms in total. The summed E-state index contributed by atoms with van der Waals surface area (Å²) in [5.74, 6) is -0.347. The van der Waals surface area contributed by atoms with E-state index in [0.717, 1.165) is 18.4 Å². The lowest BCUT2D eigenvalue weighted by Gasteiger charge is -2.13. The number of halogens is 1. The van der Waals surface area contributed by atoms with Crippen LogP contribution < -0.4 is 5.73 Å². The summed E-state index contributed by atoms with van der Waals surface area (Å²) in [7, 11) is 0. The Labute approximate surface area is 81.9 Å². The molecule has 14 heavy (non-hydrogen) atoms. The minimum Gasteiger partial charge on any atom is -0.321 e. The normalized spacial score (nSPS) is 17.9. The summed E-state index contributed by atoms with van der Waals surface area (Å²) >= 11 is 0. The van der Waals surface area contributed by atoms with Crippen LogP contribution in [0.5, 0.6) is 0 Å². The zero-order chi connectivity index (χ0) is 10.3. The third kappa shape index (κ3) is 1.34. The van der Waals surface area contributed by atoms with Gasteiger partial charge in [-0.2, -0.15) is 0 Å². The molecule has 3 heteroatoms. The smallest absolute Gasteiger partial charge is 0.150 e. The van der Waals surface area contributed by atoms with E-state index in [-0.39, 0.29) is 11.4 Å². The van der Waals surface area contributed by atoms with E-state index in [4.69, 9.17) is 5.73 Å². The average molecular weight is 193 g/mol. The van der Waals surface area contributed by atoms with Crippen molar-refractivity contribution in [1.82, 2.24) is 0 Å². The van der Waals surface area contributed by atoms with E-state index in [9.17, 15) is 9.18 Å². The summed E-state index contributed by atoms with van der Waals surface area (Å²) in [5, 5.41) is 0. The van der Waals surface area contributed by atoms with Crippen LogP contribution in [0.4, 0.5) is 4.39 Å². The number of nitrogens with two attached hydrogens (primary N) is 1. The highest BCUT2D eigenvalue weighted by molar-refractivity contribution is 5.78. The summed E-state index contributed by atoms with van der Waals surface area (Å²) in [6.07, 6.45) is 2.42. The Balaban J connectivity index is 2.58. The number of aldehydes is 1. The van der Waals surface area contributed by atoms with E-state index >= 15 is 0 Å². The standard InChI is InChI=1S/C11H12FNO/c1-7-4-9(11(13)2-3-11)8(6-14)5-10(7)12/h4-6H,2-3,13H2,1H3. The minimum atomic E-state index is -0.380. The maximum atomic E-state index is 13.2. The summed E-state index contributed by atoms with van der Waals surface area (Å²) < 4.78 is 13.2. The fraction of sp³-hybridized carbons (Fsp3) is 0.364. The Kier molecular flexibility index (Phi) is 1.93. The van der Waals surface area contributed by atoms with Gasteiger partial charge >= 0.3 is 0 Å². The van der Waals surface area contributed by atoms with Crippen molar-refractivity contribution in [2.24, 2.45) is 5.73 Å². The molecule has 74 valence electrons. The third-order valence-corrected chi connectivity index (χ3v) is 2.78. The molecule has 1 aliphatic rings. The van der Waals surface area contributed by atoms with Gasteiger partial charge in [-0.3, -0.25) is 4.79 Å². The Bertz CT molecular complexity index is 397. The van der Waals surface area contributed by atoms with Crippen molar-refractivity contribution in [3.05, 3.63) is 34.6 Å². The highest BCUT2D eigenvalue weighted by Crippen LogP contribution is 2.44. The van der Waals surface area contributed by atoms with Gasteiger partial charge in [-0.15, -0.1) is 0 Å². The number of carbonyl (C=O) groups excluding carboxylic acids is 1. The van der Waals surface area contributed by atoms with Crippen LogP contribution in [0, 0.1) is 12.7 Å². The molecule has 0 unspecified atom stereocenters. The van der Waals surface area contributed by atoms with Crippen LogP contribution >= 0.6 is 0 Å². The third-order valence-electron chi connectivity index (χ3n) is 2.78. The van der Waals surface area contributed by atoms with Crippen LogP contribution in [0.25, 0.3) is 0 Å². The lowest BCUT2D eigenvalue weighted by molar-refractivity contribution is 0.112. The molecular formula is C11H12FNO. The van der Waals surface area contributed by atoms with Gasteiger partial charge in [-0.05, 0) is 37.0 Å². The van der Waals surface area contributed by atoms with E-state index in [1.54, 1.807) is 13.0 Å². The second-order valence-corrected chi connectivity index (χ2v) is 3.96. The van der Waals surface area contributed by atoms with Crippen LogP contribution in [0.1, 0.15) is 34.3 Å². The lowest BCUT2D eigenvalue weighted by atomic mass is 9.97. The van der Waals surface area contributed by atoms with Gasteiger partial charge in [0.1, 0.15) is 5.82 Å². The van der Waals surface area contributed by atoms with Crippen LogP contribution in [0.15, 0.2) is 12.1 Å². The van der Waals surface area contributed by atoms with E-state index in [1.807, 2.05) is 0 Å². The van der Waals surface area contributed by atoms with Crippen LogP contribution in [-0.2, 0) is 5.54 Å². The first kappa shape index (κ1) is 9.34. The van der Waals surface area contributed by atoms with Gasteiger partial charge in [-0.1, -0.05) is 6.07 Å². The first-order valence-corrected chi connectivity index (χ1v) is 4.61. The second-order valence-electron chi connectivity index (χ2n) is 3.96. The number of hydrogen-bond acceptors (Lipinski definition) is 2. The highest BCUT2D eigenvalue weighted by Gasteiger charge is 2.41. The van der Waals surface area contributed by atoms with Crippen LogP contribution in [0.2, 0.25) is 0 Å². The molecule has 0 aliphatic heterocycles. The van der Waals surface area contributed by atoms with Crippen molar-refractivity contribution < 1.29 is 9.18 Å². The molecule has 0 atom stereocenters. The Morgan fingerprint density at radius 1 is 1.50 bits per heavy atom. The van der Waals surface area contributed by atoms with Gasteiger partial charge in [0.2, 0.25) is 0 Å². The Morgan fingerprint density at radius 2 is 2.14 bits per heavy atom. The highest BCUT2D eigenvalue weighted by atomic mass is 19.1. The molecule has 0 amide bonds. The van der Waals surface area contributed by atoms with E-state index < -0.39 is 0 Å². The fourth-order valence-corrected chi connectivity index (χ4v) is 1.63. The van der Waals surface area contributed by atoms with Crippen LogP contribution in [-0.4, -0.2) is 6.29 Å². The molecule has 1 saturated carbocycles. The lowest BCUT2D eigenvalue weighted by Crippen LogP contribution is -2.21. The Hall–Kier alpha value is -1.22. The van der Waals surface area contributed by atoms with Gasteiger partial charge in [-0.25, -0.2) is 4.39 Å². The fourth-order valence-electron chi connectivity index (χ4n) is 1.63. The first-order chi connectivity index (χ1) is 6.57. The van der Waals surface area contributed by atoms with Crippen molar-refractivity contribution in [3.8, 4) is 0 Å². The average Bonchev–Trinajstić information content (AvgIpc) is 2.89. The quantitative estimate of drug-likeness (QED) is 0.729. The maximum Gasteiger partial charge on any atom is 0.150 e. The summed E-state index contributed by atoms with van der Waals surface area (Å²) in [6, 6.07) is 2.96. The van der Waals surface area contributed by atoms with Gasteiger partial charge in [0.05, 0.1) is 0 Å². The zero-order valence-corrected chi connectivity index (χ0v) is 8.01. The second kappa shape index (κ2) is 2.89. The van der Waals surface area contributed by atoms with Gasteiger partial charge in [0.15, 0.2) is 6.29 Å². The largest absolute Gasteiger partial charge is 0.321 e. The van der Waals surface area contributed by atoms with Crippen molar-refractivity contribution in [3.63, 3.8) is 0 Å². The van der Waals surface area contributed by atoms with Crippen molar-refractivity contribution in [2.75, 3.05) is 0 Å². The SMILES string of the molecule is Cc1cc(C2(N)CC2)c(C=O)cc1F. The molecule has 0 radical (unpaired) electrons. The molecule has 0 heterocycles. The van der Waals surface area contributed by atoms with Gasteiger partial charge < -0.3 is 5.73 Å². The molecule has 1 fully saturated rings. The molecule has 0 spiro atoms. The summed E-state index contributed by atoms with van der Waals surface area (Å²) in [5.41, 5.74) is 7.31. The van der Waals surface area contributed by atoms with Gasteiger partial charge in [0, 0.05) is 11.1 Å². The molecule has 1 aromatic rings. The zero-order valence-electron chi connectivity index (χ0n) is 8.01. The summed E-state index contributed by atoms with van der Waals surface area (Å²) in [4.78, 5) is 10.7. The monoisotopic (exact) mass is 193 g/mol. The number of hydrogen-bond donors (Lipinski definition) is 1. The molecule has 0 saturated heterocycles. The van der Waals surface area contributed by atoms with Crippen molar-refractivity contribution in [2.45, 2.75) is 25.3 Å².